The number of carbonyl (C=O) groups excluding carboxylic acids is 2. The van der Waals surface area contributed by atoms with Gasteiger partial charge in [-0.25, -0.2) is 4.79 Å². The molecule has 1 unspecified atom stereocenters. The summed E-state index contributed by atoms with van der Waals surface area (Å²) in [7, 11) is 0. The lowest BCUT2D eigenvalue weighted by molar-refractivity contribution is 0.102. The molecule has 0 aliphatic carbocycles. The molecule has 1 saturated heterocycles. The summed E-state index contributed by atoms with van der Waals surface area (Å²) in [5.74, 6) is -0.233. The molecule has 2 N–H and O–H groups in total. The van der Waals surface area contributed by atoms with Gasteiger partial charge in [0.2, 0.25) is 5.01 Å². The van der Waals surface area contributed by atoms with Crippen LogP contribution in [0.3, 0.4) is 0 Å². The lowest BCUT2D eigenvalue weighted by Gasteiger charge is -2.31. The van der Waals surface area contributed by atoms with Crippen molar-refractivity contribution in [1.29, 1.82) is 0 Å². The van der Waals surface area contributed by atoms with E-state index in [4.69, 9.17) is 11.6 Å². The van der Waals surface area contributed by atoms with Crippen molar-refractivity contribution < 1.29 is 9.59 Å². The van der Waals surface area contributed by atoms with Gasteiger partial charge in [0.05, 0.1) is 10.7 Å². The van der Waals surface area contributed by atoms with Crippen molar-refractivity contribution in [1.82, 2.24) is 15.1 Å². The number of nitrogens with one attached hydrogen (secondary N) is 2. The van der Waals surface area contributed by atoms with Crippen molar-refractivity contribution >= 4 is 46.3 Å². The number of nitrogens with zero attached hydrogens (tertiary/aromatic N) is 3. The Bertz CT molecular complexity index is 1150. The largest absolute Gasteiger partial charge is 0.324 e. The van der Waals surface area contributed by atoms with Gasteiger partial charge in [-0.15, -0.1) is 10.2 Å². The molecule has 4 rings (SSSR count). The maximum Gasteiger partial charge on any atom is 0.321 e. The Kier molecular flexibility index (Phi) is 6.72. The standard InChI is InChI=1S/C23H24ClN5O2S/c1-14-9-10-19(17(24)12-14)26-23(31)29-11-5-7-16(13-29)21-27-28-22(32-21)20(30)25-18-8-4-3-6-15(18)2/h3-4,6,8-10,12,16H,5,7,11,13H2,1-2H3,(H,25,30)(H,26,31). The Hall–Kier alpha value is -2.97. The van der Waals surface area contributed by atoms with Crippen LogP contribution in [-0.2, 0) is 0 Å². The van der Waals surface area contributed by atoms with E-state index in [1.807, 2.05) is 50.2 Å². The SMILES string of the molecule is Cc1ccc(NC(=O)N2CCCC(c3nnc(C(=O)Nc4ccccc4C)s3)C2)c(Cl)c1. The van der Waals surface area contributed by atoms with E-state index in [1.54, 1.807) is 11.0 Å². The van der Waals surface area contributed by atoms with Crippen LogP contribution >= 0.6 is 22.9 Å². The van der Waals surface area contributed by atoms with Gasteiger partial charge in [-0.3, -0.25) is 4.79 Å². The Morgan fingerprint density at radius 2 is 1.91 bits per heavy atom. The van der Waals surface area contributed by atoms with Crippen LogP contribution in [0.5, 0.6) is 0 Å². The third kappa shape index (κ3) is 5.08. The number of anilines is 2. The zero-order valence-corrected chi connectivity index (χ0v) is 19.5. The van der Waals surface area contributed by atoms with Crippen molar-refractivity contribution in [2.75, 3.05) is 23.7 Å². The van der Waals surface area contributed by atoms with Gasteiger partial charge in [0.1, 0.15) is 5.01 Å². The molecule has 7 nitrogen and oxygen atoms in total. The number of aryl methyl sites for hydroxylation is 2. The number of para-hydroxylation sites is 1. The first-order valence-corrected chi connectivity index (χ1v) is 11.6. The fourth-order valence-corrected chi connectivity index (χ4v) is 4.81. The van der Waals surface area contributed by atoms with Crippen LogP contribution in [0.15, 0.2) is 42.5 Å². The third-order valence-corrected chi connectivity index (χ3v) is 6.85. The molecule has 166 valence electrons. The smallest absolute Gasteiger partial charge is 0.321 e. The molecule has 1 aliphatic rings. The number of urea groups is 1. The minimum atomic E-state index is -0.275. The molecule has 1 fully saturated rings. The van der Waals surface area contributed by atoms with Gasteiger partial charge in [0, 0.05) is 24.7 Å². The van der Waals surface area contributed by atoms with E-state index in [9.17, 15) is 9.59 Å². The number of piperidine rings is 1. The maximum atomic E-state index is 12.8. The summed E-state index contributed by atoms with van der Waals surface area (Å²) in [5.41, 5.74) is 3.36. The predicted molar refractivity (Wildman–Crippen MR) is 128 cm³/mol. The molecule has 32 heavy (non-hydrogen) atoms. The van der Waals surface area contributed by atoms with Crippen LogP contribution in [0.4, 0.5) is 16.2 Å². The second-order valence-corrected chi connectivity index (χ2v) is 9.33. The van der Waals surface area contributed by atoms with E-state index in [2.05, 4.69) is 20.8 Å². The number of aromatic nitrogens is 2. The highest BCUT2D eigenvalue weighted by atomic mass is 35.5. The first-order chi connectivity index (χ1) is 15.4. The van der Waals surface area contributed by atoms with E-state index in [0.717, 1.165) is 34.7 Å². The predicted octanol–water partition coefficient (Wildman–Crippen LogP) is 5.47. The highest BCUT2D eigenvalue weighted by molar-refractivity contribution is 7.13. The summed E-state index contributed by atoms with van der Waals surface area (Å²) in [6, 6.07) is 12.9. The fourth-order valence-electron chi connectivity index (χ4n) is 3.66. The zero-order chi connectivity index (χ0) is 22.7. The van der Waals surface area contributed by atoms with Crippen molar-refractivity contribution in [3.05, 3.63) is 68.6 Å². The summed E-state index contributed by atoms with van der Waals surface area (Å²) in [6.45, 7) is 5.06. The number of amides is 3. The second-order valence-electron chi connectivity index (χ2n) is 7.91. The molecule has 0 spiro atoms. The number of carbonyl (C=O) groups is 2. The maximum absolute atomic E-state index is 12.8. The van der Waals surface area contributed by atoms with Gasteiger partial charge in [0.25, 0.3) is 5.91 Å². The van der Waals surface area contributed by atoms with Gasteiger partial charge in [0.15, 0.2) is 0 Å². The lowest BCUT2D eigenvalue weighted by atomic mass is 9.99. The minimum Gasteiger partial charge on any atom is -0.324 e. The normalized spacial score (nSPS) is 16.0. The van der Waals surface area contributed by atoms with Gasteiger partial charge >= 0.3 is 6.03 Å². The average Bonchev–Trinajstić information content (AvgIpc) is 3.28. The van der Waals surface area contributed by atoms with Crippen LogP contribution < -0.4 is 10.6 Å². The van der Waals surface area contributed by atoms with E-state index in [0.29, 0.717) is 28.8 Å². The topological polar surface area (TPSA) is 87.2 Å². The van der Waals surface area contributed by atoms with Crippen LogP contribution in [0.1, 0.15) is 44.7 Å². The molecule has 0 saturated carbocycles. The Morgan fingerprint density at radius 3 is 2.69 bits per heavy atom. The van der Waals surface area contributed by atoms with Gasteiger partial charge in [-0.1, -0.05) is 47.2 Å². The lowest BCUT2D eigenvalue weighted by Crippen LogP contribution is -2.41. The van der Waals surface area contributed by atoms with E-state index < -0.39 is 0 Å². The Morgan fingerprint density at radius 1 is 1.09 bits per heavy atom. The van der Waals surface area contributed by atoms with Crippen molar-refractivity contribution in [2.24, 2.45) is 0 Å². The summed E-state index contributed by atoms with van der Waals surface area (Å²) < 4.78 is 0. The third-order valence-electron chi connectivity index (χ3n) is 5.45. The highest BCUT2D eigenvalue weighted by Gasteiger charge is 2.28. The number of hydrogen-bond donors (Lipinski definition) is 2. The molecule has 1 aromatic heterocycles. The van der Waals surface area contributed by atoms with Crippen LogP contribution in [0.25, 0.3) is 0 Å². The zero-order valence-electron chi connectivity index (χ0n) is 17.9. The first kappa shape index (κ1) is 22.2. The molecule has 1 aliphatic heterocycles. The summed E-state index contributed by atoms with van der Waals surface area (Å²) in [4.78, 5) is 27.2. The number of halogens is 1. The molecule has 3 amide bonds. The van der Waals surface area contributed by atoms with Gasteiger partial charge < -0.3 is 15.5 Å². The highest BCUT2D eigenvalue weighted by Crippen LogP contribution is 2.30. The quantitative estimate of drug-likeness (QED) is 0.530. The molecule has 2 heterocycles. The molecular weight excluding hydrogens is 446 g/mol. The van der Waals surface area contributed by atoms with E-state index in [1.165, 1.54) is 11.3 Å². The molecule has 0 radical (unpaired) electrons. The van der Waals surface area contributed by atoms with Crippen LogP contribution in [0.2, 0.25) is 5.02 Å². The number of rotatable bonds is 4. The summed E-state index contributed by atoms with van der Waals surface area (Å²) in [5, 5.41) is 15.7. The van der Waals surface area contributed by atoms with Crippen molar-refractivity contribution in [2.45, 2.75) is 32.6 Å². The number of hydrogen-bond acceptors (Lipinski definition) is 5. The van der Waals surface area contributed by atoms with Gasteiger partial charge in [-0.2, -0.15) is 0 Å². The number of benzene rings is 2. The van der Waals surface area contributed by atoms with E-state index >= 15 is 0 Å². The van der Waals surface area contributed by atoms with Crippen molar-refractivity contribution in [3.63, 3.8) is 0 Å². The molecule has 3 aromatic rings. The molecule has 9 heteroatoms. The van der Waals surface area contributed by atoms with Crippen molar-refractivity contribution in [3.8, 4) is 0 Å². The average molecular weight is 470 g/mol. The Balaban J connectivity index is 1.40. The van der Waals surface area contributed by atoms with E-state index in [-0.39, 0.29) is 17.9 Å². The molecule has 0 bridgehead atoms. The number of likely N-dealkylation sites (tertiary alicyclic amines) is 1. The monoisotopic (exact) mass is 469 g/mol. The van der Waals surface area contributed by atoms with Crippen LogP contribution in [-0.4, -0.2) is 40.1 Å². The molecule has 1 atom stereocenters. The summed E-state index contributed by atoms with van der Waals surface area (Å²) >= 11 is 7.53. The van der Waals surface area contributed by atoms with Gasteiger partial charge in [-0.05, 0) is 56.0 Å². The minimum absolute atomic E-state index is 0.0421. The summed E-state index contributed by atoms with van der Waals surface area (Å²) in [6.07, 6.45) is 1.74. The Labute approximate surface area is 195 Å². The second kappa shape index (κ2) is 9.67. The fraction of sp³-hybridized carbons (Fsp3) is 0.304. The van der Waals surface area contributed by atoms with Crippen LogP contribution in [0, 0.1) is 13.8 Å². The molecule has 2 aromatic carbocycles. The first-order valence-electron chi connectivity index (χ1n) is 10.4. The molecular formula is C23H24ClN5O2S.